The summed E-state index contributed by atoms with van der Waals surface area (Å²) in [5.74, 6) is -0.611. The smallest absolute Gasteiger partial charge is 0.287 e. The maximum absolute atomic E-state index is 12.2. The lowest BCUT2D eigenvalue weighted by Crippen LogP contribution is -2.29. The molecule has 0 atom stereocenters. The Labute approximate surface area is 157 Å². The van der Waals surface area contributed by atoms with Gasteiger partial charge in [-0.2, -0.15) is 0 Å². The van der Waals surface area contributed by atoms with Crippen molar-refractivity contribution in [1.82, 2.24) is 5.32 Å². The second-order valence-corrected chi connectivity index (χ2v) is 6.04. The van der Waals surface area contributed by atoms with E-state index in [9.17, 15) is 19.7 Å². The van der Waals surface area contributed by atoms with Gasteiger partial charge >= 0.3 is 0 Å². The van der Waals surface area contributed by atoms with Crippen LogP contribution in [0.25, 0.3) is 11.0 Å². The number of hydrogen-bond acceptors (Lipinski definition) is 6. The van der Waals surface area contributed by atoms with Crippen LogP contribution < -0.4 is 16.1 Å². The van der Waals surface area contributed by atoms with E-state index in [-0.39, 0.29) is 29.0 Å². The first-order chi connectivity index (χ1) is 12.9. The summed E-state index contributed by atoms with van der Waals surface area (Å²) in [5, 5.41) is 17.0. The number of non-ortho nitro benzene ring substituents is 1. The first-order valence-electron chi connectivity index (χ1n) is 7.94. The van der Waals surface area contributed by atoms with Gasteiger partial charge in [-0.05, 0) is 30.3 Å². The highest BCUT2D eigenvalue weighted by molar-refractivity contribution is 6.31. The third kappa shape index (κ3) is 4.42. The number of carbonyl (C=O) groups excluding carboxylic acids is 1. The third-order valence-electron chi connectivity index (χ3n) is 3.73. The maximum Gasteiger partial charge on any atom is 0.287 e. The summed E-state index contributed by atoms with van der Waals surface area (Å²) < 4.78 is 5.46. The minimum absolute atomic E-state index is 0.00136. The average Bonchev–Trinajstić information content (AvgIpc) is 2.65. The van der Waals surface area contributed by atoms with Gasteiger partial charge in [-0.15, -0.1) is 0 Å². The second kappa shape index (κ2) is 7.88. The highest BCUT2D eigenvalue weighted by atomic mass is 35.5. The van der Waals surface area contributed by atoms with Gasteiger partial charge in [-0.3, -0.25) is 19.7 Å². The summed E-state index contributed by atoms with van der Waals surface area (Å²) in [5.41, 5.74) is 0.611. The standard InChI is InChI=1S/C18H14ClN3O5/c19-11-1-6-16-14(9-11)15(23)10-17(27-16)18(24)21-8-7-20-12-2-4-13(5-3-12)22(25)26/h1-6,9-10,20H,7-8H2,(H,21,24). The van der Waals surface area contributed by atoms with Crippen LogP contribution in [-0.4, -0.2) is 23.9 Å². The molecule has 138 valence electrons. The summed E-state index contributed by atoms with van der Waals surface area (Å²) in [4.78, 5) is 34.4. The molecule has 0 aliphatic carbocycles. The van der Waals surface area contributed by atoms with Crippen molar-refractivity contribution in [2.45, 2.75) is 0 Å². The van der Waals surface area contributed by atoms with E-state index in [4.69, 9.17) is 16.0 Å². The lowest BCUT2D eigenvalue weighted by atomic mass is 10.2. The Bertz CT molecular complexity index is 1060. The second-order valence-electron chi connectivity index (χ2n) is 5.60. The highest BCUT2D eigenvalue weighted by Gasteiger charge is 2.12. The molecule has 2 aromatic carbocycles. The molecule has 1 heterocycles. The average molecular weight is 388 g/mol. The molecule has 9 heteroatoms. The number of carbonyl (C=O) groups is 1. The SMILES string of the molecule is O=C(NCCNc1ccc([N+](=O)[O-])cc1)c1cc(=O)c2cc(Cl)ccc2o1. The van der Waals surface area contributed by atoms with Gasteiger partial charge < -0.3 is 15.1 Å². The van der Waals surface area contributed by atoms with Crippen molar-refractivity contribution in [3.05, 3.63) is 79.7 Å². The molecule has 3 rings (SSSR count). The molecule has 0 fully saturated rings. The van der Waals surface area contributed by atoms with Gasteiger partial charge in [0.15, 0.2) is 11.2 Å². The fraction of sp³-hybridized carbons (Fsp3) is 0.111. The minimum Gasteiger partial charge on any atom is -0.451 e. The van der Waals surface area contributed by atoms with Crippen molar-refractivity contribution < 1.29 is 14.1 Å². The number of nitro groups is 1. The molecule has 0 saturated carbocycles. The number of nitrogens with one attached hydrogen (secondary N) is 2. The first-order valence-corrected chi connectivity index (χ1v) is 8.32. The fourth-order valence-corrected chi connectivity index (χ4v) is 2.58. The van der Waals surface area contributed by atoms with Crippen LogP contribution in [0.1, 0.15) is 10.6 Å². The molecule has 0 bridgehead atoms. The Morgan fingerprint density at radius 1 is 1.11 bits per heavy atom. The Kier molecular flexibility index (Phi) is 5.37. The molecule has 3 aromatic rings. The van der Waals surface area contributed by atoms with E-state index in [0.29, 0.717) is 22.6 Å². The van der Waals surface area contributed by atoms with Crippen LogP contribution in [0.2, 0.25) is 5.02 Å². The number of amides is 1. The molecular weight excluding hydrogens is 374 g/mol. The number of nitro benzene ring substituents is 1. The normalized spacial score (nSPS) is 10.6. The molecule has 0 unspecified atom stereocenters. The maximum atomic E-state index is 12.2. The van der Waals surface area contributed by atoms with Gasteiger partial charge in [-0.25, -0.2) is 0 Å². The quantitative estimate of drug-likeness (QED) is 0.381. The lowest BCUT2D eigenvalue weighted by Gasteiger charge is -2.08. The molecule has 0 aliphatic heterocycles. The van der Waals surface area contributed by atoms with Gasteiger partial charge in [0, 0.05) is 42.0 Å². The summed E-state index contributed by atoms with van der Waals surface area (Å²) in [6.07, 6.45) is 0. The van der Waals surface area contributed by atoms with Gasteiger partial charge in [0.05, 0.1) is 10.3 Å². The van der Waals surface area contributed by atoms with Crippen LogP contribution in [0.5, 0.6) is 0 Å². The van der Waals surface area contributed by atoms with Crippen molar-refractivity contribution in [3.8, 4) is 0 Å². The number of benzene rings is 2. The molecule has 1 aromatic heterocycles. The van der Waals surface area contributed by atoms with E-state index in [1.807, 2.05) is 0 Å². The number of rotatable bonds is 6. The van der Waals surface area contributed by atoms with Crippen molar-refractivity contribution in [1.29, 1.82) is 0 Å². The summed E-state index contributed by atoms with van der Waals surface area (Å²) >= 11 is 5.85. The fourth-order valence-electron chi connectivity index (χ4n) is 2.41. The number of fused-ring (bicyclic) bond motifs is 1. The zero-order valence-electron chi connectivity index (χ0n) is 13.9. The predicted octanol–water partition coefficient (Wildman–Crippen LogP) is 3.20. The molecule has 0 radical (unpaired) electrons. The Morgan fingerprint density at radius 2 is 1.85 bits per heavy atom. The number of nitrogens with zero attached hydrogens (tertiary/aromatic N) is 1. The lowest BCUT2D eigenvalue weighted by molar-refractivity contribution is -0.384. The van der Waals surface area contributed by atoms with Crippen LogP contribution in [0.15, 0.2) is 57.7 Å². The number of anilines is 1. The third-order valence-corrected chi connectivity index (χ3v) is 3.97. The highest BCUT2D eigenvalue weighted by Crippen LogP contribution is 2.18. The van der Waals surface area contributed by atoms with E-state index in [1.54, 1.807) is 18.2 Å². The van der Waals surface area contributed by atoms with E-state index in [2.05, 4.69) is 10.6 Å². The van der Waals surface area contributed by atoms with Crippen LogP contribution in [0, 0.1) is 10.1 Å². The number of hydrogen-bond donors (Lipinski definition) is 2. The molecule has 0 spiro atoms. The first kappa shape index (κ1) is 18.4. The Hall–Kier alpha value is -3.39. The van der Waals surface area contributed by atoms with E-state index in [0.717, 1.165) is 6.07 Å². The zero-order chi connectivity index (χ0) is 19.4. The van der Waals surface area contributed by atoms with Crippen molar-refractivity contribution >= 4 is 39.9 Å². The molecule has 27 heavy (non-hydrogen) atoms. The van der Waals surface area contributed by atoms with Gasteiger partial charge in [0.25, 0.3) is 11.6 Å². The summed E-state index contributed by atoms with van der Waals surface area (Å²) in [6.45, 7) is 0.648. The monoisotopic (exact) mass is 387 g/mol. The van der Waals surface area contributed by atoms with E-state index in [1.165, 1.54) is 24.3 Å². The van der Waals surface area contributed by atoms with Crippen molar-refractivity contribution in [2.24, 2.45) is 0 Å². The Balaban J connectivity index is 1.58. The van der Waals surface area contributed by atoms with E-state index >= 15 is 0 Å². The van der Waals surface area contributed by atoms with Crippen molar-refractivity contribution in [3.63, 3.8) is 0 Å². The van der Waals surface area contributed by atoms with Gasteiger partial charge in [0.2, 0.25) is 0 Å². The summed E-state index contributed by atoms with van der Waals surface area (Å²) in [7, 11) is 0. The Morgan fingerprint density at radius 3 is 2.56 bits per heavy atom. The van der Waals surface area contributed by atoms with Gasteiger partial charge in [0.1, 0.15) is 5.58 Å². The molecular formula is C18H14ClN3O5. The van der Waals surface area contributed by atoms with Crippen LogP contribution in [0.4, 0.5) is 11.4 Å². The van der Waals surface area contributed by atoms with E-state index < -0.39 is 10.8 Å². The van der Waals surface area contributed by atoms with Crippen LogP contribution >= 0.6 is 11.6 Å². The molecule has 0 saturated heterocycles. The molecule has 1 amide bonds. The van der Waals surface area contributed by atoms with Crippen LogP contribution in [0.3, 0.4) is 0 Å². The number of halogens is 1. The summed E-state index contributed by atoms with van der Waals surface area (Å²) in [6, 6.07) is 11.6. The van der Waals surface area contributed by atoms with Crippen molar-refractivity contribution in [2.75, 3.05) is 18.4 Å². The topological polar surface area (TPSA) is 114 Å². The predicted molar refractivity (Wildman–Crippen MR) is 101 cm³/mol. The van der Waals surface area contributed by atoms with Crippen LogP contribution in [-0.2, 0) is 0 Å². The van der Waals surface area contributed by atoms with Gasteiger partial charge in [-0.1, -0.05) is 11.6 Å². The molecule has 8 nitrogen and oxygen atoms in total. The minimum atomic E-state index is -0.519. The molecule has 2 N–H and O–H groups in total. The zero-order valence-corrected chi connectivity index (χ0v) is 14.7. The largest absolute Gasteiger partial charge is 0.451 e. The molecule has 0 aliphatic rings.